The average molecular weight is 420 g/mol. The second-order valence-corrected chi connectivity index (χ2v) is 8.90. The van der Waals surface area contributed by atoms with Crippen LogP contribution in [0.15, 0.2) is 60.7 Å². The van der Waals surface area contributed by atoms with E-state index < -0.39 is 0 Å². The lowest BCUT2D eigenvalue weighted by Gasteiger charge is -2.32. The third-order valence-electron chi connectivity index (χ3n) is 6.55. The summed E-state index contributed by atoms with van der Waals surface area (Å²) in [4.78, 5) is 0. The molecule has 1 heterocycles. The van der Waals surface area contributed by atoms with E-state index in [2.05, 4.69) is 41.7 Å². The van der Waals surface area contributed by atoms with E-state index in [1.54, 1.807) is 12.1 Å². The fourth-order valence-corrected chi connectivity index (χ4v) is 4.58. The zero-order valence-electron chi connectivity index (χ0n) is 17.9. The van der Waals surface area contributed by atoms with Crippen LogP contribution in [0.25, 0.3) is 10.8 Å². The van der Waals surface area contributed by atoms with Gasteiger partial charge in [-0.25, -0.2) is 4.39 Å². The van der Waals surface area contributed by atoms with Crippen molar-refractivity contribution in [3.8, 4) is 5.75 Å². The summed E-state index contributed by atoms with van der Waals surface area (Å²) in [6, 6.07) is 19.6. The molecule has 0 spiro atoms. The minimum absolute atomic E-state index is 0.0601. The van der Waals surface area contributed by atoms with Crippen molar-refractivity contribution in [1.29, 1.82) is 0 Å². The fraction of sp³-hybridized carbons (Fsp3) is 0.407. The Balaban J connectivity index is 1.31. The Morgan fingerprint density at radius 3 is 2.65 bits per heavy atom. The number of hydrogen-bond acceptors (Lipinski definition) is 3. The maximum Gasteiger partial charge on any atom is 0.127 e. The van der Waals surface area contributed by atoms with E-state index in [4.69, 9.17) is 9.47 Å². The number of rotatable bonds is 8. The fourth-order valence-electron chi connectivity index (χ4n) is 4.58. The first-order chi connectivity index (χ1) is 15.3. The highest BCUT2D eigenvalue weighted by molar-refractivity contribution is 5.89. The van der Waals surface area contributed by atoms with Crippen LogP contribution in [-0.4, -0.2) is 25.8 Å². The number of hydrogen-bond donors (Lipinski definition) is 1. The molecule has 162 valence electrons. The molecule has 0 radical (unpaired) electrons. The zero-order valence-corrected chi connectivity index (χ0v) is 17.9. The molecule has 1 saturated carbocycles. The second-order valence-electron chi connectivity index (χ2n) is 8.90. The molecule has 3 nitrogen and oxygen atoms in total. The molecule has 1 aliphatic heterocycles. The third kappa shape index (κ3) is 5.08. The third-order valence-corrected chi connectivity index (χ3v) is 6.55. The lowest BCUT2D eigenvalue weighted by molar-refractivity contribution is 0.0106. The molecular weight excluding hydrogens is 389 g/mol. The van der Waals surface area contributed by atoms with E-state index in [9.17, 15) is 4.39 Å². The number of halogens is 1. The van der Waals surface area contributed by atoms with Gasteiger partial charge < -0.3 is 14.8 Å². The van der Waals surface area contributed by atoms with Crippen molar-refractivity contribution >= 4 is 10.8 Å². The predicted molar refractivity (Wildman–Crippen MR) is 122 cm³/mol. The van der Waals surface area contributed by atoms with Gasteiger partial charge in [-0.05, 0) is 66.1 Å². The van der Waals surface area contributed by atoms with Crippen molar-refractivity contribution in [3.63, 3.8) is 0 Å². The molecule has 0 aromatic heterocycles. The van der Waals surface area contributed by atoms with Crippen molar-refractivity contribution in [2.75, 3.05) is 19.7 Å². The summed E-state index contributed by atoms with van der Waals surface area (Å²) in [5, 5.41) is 5.78. The normalized spacial score (nSPS) is 21.3. The molecular formula is C27H30FNO2. The van der Waals surface area contributed by atoms with E-state index >= 15 is 0 Å². The van der Waals surface area contributed by atoms with Gasteiger partial charge in [-0.15, -0.1) is 0 Å². The van der Waals surface area contributed by atoms with Gasteiger partial charge in [0, 0.05) is 17.8 Å². The number of nitrogens with one attached hydrogen (secondary N) is 1. The minimum atomic E-state index is -0.194. The summed E-state index contributed by atoms with van der Waals surface area (Å²) in [5.74, 6) is 1.89. The van der Waals surface area contributed by atoms with Crippen LogP contribution in [0.5, 0.6) is 5.75 Å². The topological polar surface area (TPSA) is 30.5 Å². The molecule has 4 heteroatoms. The van der Waals surface area contributed by atoms with Gasteiger partial charge in [0.15, 0.2) is 0 Å². The first-order valence-electron chi connectivity index (χ1n) is 11.5. The van der Waals surface area contributed by atoms with Gasteiger partial charge >= 0.3 is 0 Å². The lowest BCUT2D eigenvalue weighted by Crippen LogP contribution is -2.40. The molecule has 0 bridgehead atoms. The Morgan fingerprint density at radius 2 is 1.81 bits per heavy atom. The molecule has 3 aromatic carbocycles. The maximum atomic E-state index is 13.4. The van der Waals surface area contributed by atoms with Crippen molar-refractivity contribution < 1.29 is 13.9 Å². The molecule has 3 aromatic rings. The highest BCUT2D eigenvalue weighted by Gasteiger charge is 2.27. The van der Waals surface area contributed by atoms with Crippen LogP contribution in [0, 0.1) is 11.7 Å². The van der Waals surface area contributed by atoms with E-state index in [1.807, 2.05) is 12.1 Å². The summed E-state index contributed by atoms with van der Waals surface area (Å²) >= 11 is 0. The summed E-state index contributed by atoms with van der Waals surface area (Å²) < 4.78 is 26.0. The molecule has 0 amide bonds. The lowest BCUT2D eigenvalue weighted by atomic mass is 9.88. The van der Waals surface area contributed by atoms with Crippen molar-refractivity contribution in [3.05, 3.63) is 77.6 Å². The Hall–Kier alpha value is -2.43. The Bertz CT molecular complexity index is 1020. The molecule has 5 rings (SSSR count). The van der Waals surface area contributed by atoms with E-state index in [-0.39, 0.29) is 17.8 Å². The average Bonchev–Trinajstić information content (AvgIpc) is 3.63. The molecule has 1 aliphatic carbocycles. The Kier molecular flexibility index (Phi) is 6.19. The molecule has 1 saturated heterocycles. The van der Waals surface area contributed by atoms with Crippen molar-refractivity contribution in [1.82, 2.24) is 5.32 Å². The van der Waals surface area contributed by atoms with Crippen molar-refractivity contribution in [2.24, 2.45) is 5.92 Å². The van der Waals surface area contributed by atoms with Gasteiger partial charge in [0.25, 0.3) is 0 Å². The summed E-state index contributed by atoms with van der Waals surface area (Å²) in [7, 11) is 0. The van der Waals surface area contributed by atoms with Crippen LogP contribution in [0.2, 0.25) is 0 Å². The Morgan fingerprint density at radius 1 is 0.968 bits per heavy atom. The zero-order chi connectivity index (χ0) is 21.0. The summed E-state index contributed by atoms with van der Waals surface area (Å²) in [6.45, 7) is 3.07. The molecule has 1 N–H and O–H groups in total. The van der Waals surface area contributed by atoms with Gasteiger partial charge in [0.05, 0.1) is 19.3 Å². The number of fused-ring (bicyclic) bond motifs is 1. The monoisotopic (exact) mass is 419 g/mol. The smallest absolute Gasteiger partial charge is 0.127 e. The van der Waals surface area contributed by atoms with Gasteiger partial charge in [-0.3, -0.25) is 0 Å². The van der Waals surface area contributed by atoms with Crippen LogP contribution >= 0.6 is 0 Å². The summed E-state index contributed by atoms with van der Waals surface area (Å²) in [6.07, 6.45) is 4.89. The first kappa shape index (κ1) is 20.5. The van der Waals surface area contributed by atoms with Gasteiger partial charge in [-0.1, -0.05) is 49.2 Å². The number of benzene rings is 3. The number of piperidine rings is 1. The Labute approximate surface area is 183 Å². The minimum Gasteiger partial charge on any atom is -0.493 e. The molecule has 2 unspecified atom stereocenters. The quantitative estimate of drug-likeness (QED) is 0.499. The standard InChI is InChI=1S/C27H30FNO2/c28-23-9-7-21(8-10-23)25-11-13-29-17-27(25)31-18-20-15-22-3-1-2-4-24(22)26(16-20)30-14-12-19-5-6-19/h1-4,7-10,15-16,19,25,27,29H,5-6,11-14,17-18H2. The SMILES string of the molecule is Fc1ccc(C2CCNCC2OCc2cc(OCCC3CC3)c3ccccc3c2)cc1. The van der Waals surface area contributed by atoms with E-state index in [0.29, 0.717) is 6.61 Å². The van der Waals surface area contributed by atoms with Crippen LogP contribution in [0.3, 0.4) is 0 Å². The molecule has 2 aliphatic rings. The second kappa shape index (κ2) is 9.37. The highest BCUT2D eigenvalue weighted by atomic mass is 19.1. The van der Waals surface area contributed by atoms with Gasteiger partial charge in [0.2, 0.25) is 0 Å². The highest BCUT2D eigenvalue weighted by Crippen LogP contribution is 2.34. The van der Waals surface area contributed by atoms with Crippen LogP contribution < -0.4 is 10.1 Å². The van der Waals surface area contributed by atoms with E-state index in [0.717, 1.165) is 60.7 Å². The van der Waals surface area contributed by atoms with Crippen molar-refractivity contribution in [2.45, 2.75) is 44.3 Å². The number of ether oxygens (including phenoxy) is 2. The van der Waals surface area contributed by atoms with Gasteiger partial charge in [0.1, 0.15) is 11.6 Å². The molecule has 2 fully saturated rings. The van der Waals surface area contributed by atoms with Crippen LogP contribution in [-0.2, 0) is 11.3 Å². The first-order valence-corrected chi connectivity index (χ1v) is 11.5. The molecule has 31 heavy (non-hydrogen) atoms. The largest absolute Gasteiger partial charge is 0.493 e. The van der Waals surface area contributed by atoms with Gasteiger partial charge in [-0.2, -0.15) is 0 Å². The van der Waals surface area contributed by atoms with Crippen LogP contribution in [0.4, 0.5) is 4.39 Å². The van der Waals surface area contributed by atoms with Crippen LogP contribution in [0.1, 0.15) is 42.7 Å². The predicted octanol–water partition coefficient (Wildman–Crippen LogP) is 5.82. The van der Waals surface area contributed by atoms with E-state index in [1.165, 1.54) is 18.2 Å². The maximum absolute atomic E-state index is 13.4. The molecule has 2 atom stereocenters. The summed E-state index contributed by atoms with van der Waals surface area (Å²) in [5.41, 5.74) is 2.28.